The number of benzene rings is 4. The number of para-hydroxylation sites is 2. The molecule has 0 aliphatic carbocycles. The number of fused-ring (bicyclic) bond motifs is 2. The maximum Gasteiger partial charge on any atom is 0.360 e. The number of allylic oxidation sites excluding steroid dienone is 1. The lowest BCUT2D eigenvalue weighted by Crippen LogP contribution is -2.38. The molecule has 10 nitrogen and oxygen atoms in total. The fourth-order valence-corrected chi connectivity index (χ4v) is 7.50. The molecule has 0 spiro atoms. The van der Waals surface area contributed by atoms with Gasteiger partial charge in [0, 0.05) is 30.8 Å². The number of carbonyl (C=O) groups excluding carboxylic acids is 1. The van der Waals surface area contributed by atoms with Crippen LogP contribution in [0.3, 0.4) is 0 Å². The van der Waals surface area contributed by atoms with E-state index in [1.807, 2.05) is 120 Å². The number of pyridine rings is 1. The average molecular weight is 694 g/mol. The van der Waals surface area contributed by atoms with Crippen LogP contribution in [-0.4, -0.2) is 39.7 Å². The van der Waals surface area contributed by atoms with Crippen molar-refractivity contribution in [2.24, 2.45) is 5.10 Å². The summed E-state index contributed by atoms with van der Waals surface area (Å²) in [4.78, 5) is 37.8. The molecule has 1 amide bonds. The molecule has 1 unspecified atom stereocenters. The van der Waals surface area contributed by atoms with E-state index in [2.05, 4.69) is 10.3 Å². The highest BCUT2D eigenvalue weighted by Crippen LogP contribution is 2.37. The molecule has 0 bridgehead atoms. The van der Waals surface area contributed by atoms with E-state index in [1.54, 1.807) is 12.3 Å². The van der Waals surface area contributed by atoms with Crippen molar-refractivity contribution in [3.8, 4) is 5.75 Å². The molecule has 0 saturated heterocycles. The summed E-state index contributed by atoms with van der Waals surface area (Å²) in [6.45, 7) is 1.74. The molecule has 6 aromatic rings. The number of hydrogen-bond acceptors (Lipinski definition) is 8. The Hall–Kier alpha value is -6.17. The number of nitrogens with one attached hydrogen (secondary N) is 1. The molecule has 2 N–H and O–H groups in total. The number of thiazole rings is 1. The number of carboxylic acids is 1. The lowest BCUT2D eigenvalue weighted by atomic mass is 9.94. The van der Waals surface area contributed by atoms with Crippen molar-refractivity contribution in [2.45, 2.75) is 26.1 Å². The molecule has 252 valence electrons. The molecule has 2 aliphatic rings. The second-order valence-corrected chi connectivity index (χ2v) is 13.4. The molecular formula is C40H33N6O4S+. The van der Waals surface area contributed by atoms with Crippen molar-refractivity contribution in [3.05, 3.63) is 155 Å². The Bertz CT molecular complexity index is 2290. The molecule has 4 heterocycles. The fourth-order valence-electron chi connectivity index (χ4n) is 6.64. The number of anilines is 2. The number of amides is 1. The molecule has 51 heavy (non-hydrogen) atoms. The van der Waals surface area contributed by atoms with Crippen molar-refractivity contribution >= 4 is 56.3 Å². The van der Waals surface area contributed by atoms with Gasteiger partial charge < -0.3 is 14.7 Å². The number of hydrogen-bond donors (Lipinski definition) is 2. The summed E-state index contributed by atoms with van der Waals surface area (Å²) in [6.07, 6.45) is 6.03. The van der Waals surface area contributed by atoms with E-state index in [-0.39, 0.29) is 16.2 Å². The lowest BCUT2D eigenvalue weighted by molar-refractivity contribution is 0.0688. The van der Waals surface area contributed by atoms with Gasteiger partial charge in [-0.15, -0.1) is 4.59 Å². The van der Waals surface area contributed by atoms with Crippen LogP contribution in [0.4, 0.5) is 16.6 Å². The van der Waals surface area contributed by atoms with Gasteiger partial charge >= 0.3 is 5.97 Å². The Kier molecular flexibility index (Phi) is 8.56. The highest BCUT2D eigenvalue weighted by atomic mass is 32.1. The molecule has 8 rings (SSSR count). The van der Waals surface area contributed by atoms with E-state index in [0.717, 1.165) is 32.5 Å². The predicted octanol–water partition coefficient (Wildman–Crippen LogP) is 7.80. The second kappa shape index (κ2) is 13.6. The Morgan fingerprint density at radius 1 is 0.902 bits per heavy atom. The Balaban J connectivity index is 1.06. The van der Waals surface area contributed by atoms with Gasteiger partial charge in [-0.1, -0.05) is 83.2 Å². The topological polar surface area (TPSA) is 117 Å². The van der Waals surface area contributed by atoms with E-state index < -0.39 is 5.97 Å². The summed E-state index contributed by atoms with van der Waals surface area (Å²) in [5, 5.41) is 18.8. The minimum absolute atomic E-state index is 0.0912. The first kappa shape index (κ1) is 32.1. The first-order valence-electron chi connectivity index (χ1n) is 16.6. The van der Waals surface area contributed by atoms with Crippen molar-refractivity contribution < 1.29 is 19.4 Å². The zero-order chi connectivity index (χ0) is 34.8. The maximum atomic E-state index is 13.6. The third-order valence-corrected chi connectivity index (χ3v) is 10.1. The highest BCUT2D eigenvalue weighted by molar-refractivity contribution is 7.22. The summed E-state index contributed by atoms with van der Waals surface area (Å²) >= 11 is 1.43. The Morgan fingerprint density at radius 3 is 2.55 bits per heavy atom. The summed E-state index contributed by atoms with van der Waals surface area (Å²) in [5.41, 5.74) is 5.61. The van der Waals surface area contributed by atoms with Gasteiger partial charge in [0.05, 0.1) is 22.0 Å². The minimum Gasteiger partial charge on any atom is -0.488 e. The van der Waals surface area contributed by atoms with Gasteiger partial charge in [-0.25, -0.2) is 14.8 Å². The highest BCUT2D eigenvalue weighted by Gasteiger charge is 2.38. The minimum atomic E-state index is -1.15. The zero-order valence-corrected chi connectivity index (χ0v) is 28.3. The fraction of sp³-hybridized carbons (Fsp3) is 0.125. The first-order chi connectivity index (χ1) is 25.0. The Labute approximate surface area is 298 Å². The van der Waals surface area contributed by atoms with Crippen LogP contribution in [0.1, 0.15) is 43.1 Å². The van der Waals surface area contributed by atoms with Gasteiger partial charge in [0.1, 0.15) is 30.9 Å². The number of ether oxygens (including phenoxy) is 1. The average Bonchev–Trinajstić information content (AvgIpc) is 3.81. The van der Waals surface area contributed by atoms with E-state index in [0.29, 0.717) is 60.6 Å². The van der Waals surface area contributed by atoms with Gasteiger partial charge in [0.15, 0.2) is 10.8 Å². The number of rotatable bonds is 10. The van der Waals surface area contributed by atoms with E-state index in [4.69, 9.17) is 14.8 Å². The van der Waals surface area contributed by atoms with E-state index in [9.17, 15) is 14.7 Å². The number of carbonyl (C=O) groups is 2. The normalized spacial score (nSPS) is 16.3. The first-order valence-corrected chi connectivity index (χ1v) is 17.4. The van der Waals surface area contributed by atoms with Gasteiger partial charge in [0.25, 0.3) is 5.91 Å². The summed E-state index contributed by atoms with van der Waals surface area (Å²) in [6, 6.07) is 34.8. The zero-order valence-electron chi connectivity index (χ0n) is 27.5. The van der Waals surface area contributed by atoms with Gasteiger partial charge in [-0.3, -0.25) is 10.1 Å². The van der Waals surface area contributed by atoms with Crippen LogP contribution < -0.4 is 19.5 Å². The molecule has 0 saturated carbocycles. The van der Waals surface area contributed by atoms with Crippen LogP contribution in [0, 0.1) is 0 Å². The lowest BCUT2D eigenvalue weighted by Gasteiger charge is -2.32. The molecule has 4 aromatic carbocycles. The van der Waals surface area contributed by atoms with E-state index >= 15 is 0 Å². The van der Waals surface area contributed by atoms with Gasteiger partial charge in [0.2, 0.25) is 5.69 Å². The molecule has 0 radical (unpaired) electrons. The monoisotopic (exact) mass is 693 g/mol. The SMILES string of the molecule is O=C(Nc1nc2ccccc2s1)c1cccc2c1CN(c1ccc([N+]3(Cc4ccccc4OCc4ccccc4)C=CC=N3)c(C(=O)O)n1)CC2. The van der Waals surface area contributed by atoms with Crippen LogP contribution in [0.15, 0.2) is 127 Å². The van der Waals surface area contributed by atoms with Crippen LogP contribution in [0.25, 0.3) is 10.2 Å². The number of aromatic nitrogens is 2. The Morgan fingerprint density at radius 2 is 1.73 bits per heavy atom. The third-order valence-electron chi connectivity index (χ3n) is 9.15. The van der Waals surface area contributed by atoms with Crippen LogP contribution in [-0.2, 0) is 26.1 Å². The van der Waals surface area contributed by atoms with Gasteiger partial charge in [-0.2, -0.15) is 0 Å². The molecule has 1 atom stereocenters. The van der Waals surface area contributed by atoms with Crippen molar-refractivity contribution in [3.63, 3.8) is 0 Å². The van der Waals surface area contributed by atoms with Gasteiger partial charge in [-0.05, 0) is 59.5 Å². The number of carboxylic acid groups (broad SMARTS) is 1. The van der Waals surface area contributed by atoms with Crippen LogP contribution in [0.5, 0.6) is 5.75 Å². The summed E-state index contributed by atoms with van der Waals surface area (Å²) in [7, 11) is 0. The maximum absolute atomic E-state index is 13.6. The van der Waals surface area contributed by atoms with E-state index in [1.165, 1.54) is 11.3 Å². The number of nitrogens with zero attached hydrogens (tertiary/aromatic N) is 5. The summed E-state index contributed by atoms with van der Waals surface area (Å²) < 4.78 is 7.12. The van der Waals surface area contributed by atoms with Crippen LogP contribution in [0.2, 0.25) is 0 Å². The molecule has 2 aliphatic heterocycles. The largest absolute Gasteiger partial charge is 0.488 e. The number of aromatic carboxylic acids is 1. The standard InChI is InChI=1S/C40H32N6O4S/c47-38(44-40-42-32-15-5-7-17-35(32)51-40)30-14-8-13-28-20-22-45(24-31(28)30)36-19-18-33(37(43-36)39(48)49)46(23-9-21-41-46)25-29-12-4-6-16-34(29)50-26-27-10-2-1-3-11-27/h1-19,21,23H,20,22,24-26H2,(H-,42,44,47,48,49)/p+1. The second-order valence-electron chi connectivity index (χ2n) is 12.4. The number of quaternary nitrogens is 1. The van der Waals surface area contributed by atoms with Crippen molar-refractivity contribution in [1.82, 2.24) is 14.6 Å². The third kappa shape index (κ3) is 6.48. The molecular weight excluding hydrogens is 661 g/mol. The quantitative estimate of drug-likeness (QED) is 0.141. The molecule has 11 heteroatoms. The molecule has 2 aromatic heterocycles. The van der Waals surface area contributed by atoms with Crippen LogP contribution >= 0.6 is 11.3 Å². The predicted molar refractivity (Wildman–Crippen MR) is 200 cm³/mol. The molecule has 0 fully saturated rings. The summed E-state index contributed by atoms with van der Waals surface area (Å²) in [5.74, 6) is -0.173. The van der Waals surface area contributed by atoms with Crippen molar-refractivity contribution in [1.29, 1.82) is 0 Å². The van der Waals surface area contributed by atoms with Crippen molar-refractivity contribution in [2.75, 3.05) is 16.8 Å². The smallest absolute Gasteiger partial charge is 0.360 e.